The Bertz CT molecular complexity index is 1390. The standard InChI is InChI=1S/C33H50N8O/c1-7-11-41-30(21-39-15-13-38(6)14-16-39)36-29-19-25(8-9-26(29)31(41)42)35-32(40-12-10-34-22(2)20-40)37-28-18-24-17-27(23(28)3)33(24,4)5/h7-9,19,22-24,27-28,34H,1,10-18,20-21H2,2-6H3,(H,35,37). The van der Waals surface area contributed by atoms with Gasteiger partial charge in [0.1, 0.15) is 5.82 Å². The molecule has 3 saturated carbocycles. The summed E-state index contributed by atoms with van der Waals surface area (Å²) in [6.45, 7) is 21.3. The Labute approximate surface area is 251 Å². The van der Waals surface area contributed by atoms with Crippen molar-refractivity contribution in [1.82, 2.24) is 29.6 Å². The van der Waals surface area contributed by atoms with Crippen molar-refractivity contribution in [3.63, 3.8) is 0 Å². The first-order valence-corrected chi connectivity index (χ1v) is 16.0. The Morgan fingerprint density at radius 2 is 1.98 bits per heavy atom. The first-order chi connectivity index (χ1) is 20.1. The topological polar surface area (TPSA) is 81.0 Å². The highest BCUT2D eigenvalue weighted by Gasteiger charge is 2.56. The summed E-state index contributed by atoms with van der Waals surface area (Å²) in [6, 6.07) is 6.70. The highest BCUT2D eigenvalue weighted by Crippen LogP contribution is 2.61. The number of benzene rings is 1. The van der Waals surface area contributed by atoms with Gasteiger partial charge in [0.25, 0.3) is 5.56 Å². The number of likely N-dealkylation sites (N-methyl/N-ethyl adjacent to an activating group) is 1. The lowest BCUT2D eigenvalue weighted by Gasteiger charge is -2.61. The molecule has 0 radical (unpaired) electrons. The van der Waals surface area contributed by atoms with Crippen LogP contribution < -0.4 is 16.2 Å². The molecule has 3 heterocycles. The fourth-order valence-electron chi connectivity index (χ4n) is 7.89. The molecule has 5 fully saturated rings. The Balaban J connectivity index is 1.31. The molecule has 1 aromatic carbocycles. The van der Waals surface area contributed by atoms with Gasteiger partial charge in [-0.15, -0.1) is 6.58 Å². The number of hydrogen-bond acceptors (Lipinski definition) is 6. The number of anilines is 1. The molecule has 2 N–H and O–H groups in total. The fraction of sp³-hybridized carbons (Fsp3) is 0.667. The summed E-state index contributed by atoms with van der Waals surface area (Å²) in [5, 5.41) is 7.92. The zero-order valence-corrected chi connectivity index (χ0v) is 26.3. The summed E-state index contributed by atoms with van der Waals surface area (Å²) < 4.78 is 1.78. The molecule has 2 bridgehead atoms. The highest BCUT2D eigenvalue weighted by atomic mass is 16.1. The first kappa shape index (κ1) is 29.3. The van der Waals surface area contributed by atoms with E-state index in [4.69, 9.17) is 9.98 Å². The SMILES string of the molecule is C=CCn1c(CN2CCN(C)CC2)nc2cc(NC(=NC3CC4CC(C3C)C4(C)C)N3CCNC(C)C3)ccc2c1=O. The largest absolute Gasteiger partial charge is 0.340 e. The van der Waals surface area contributed by atoms with Crippen LogP contribution in [0, 0.1) is 23.2 Å². The minimum atomic E-state index is -0.00160. The average Bonchev–Trinajstić information content (AvgIpc) is 2.96. The first-order valence-electron chi connectivity index (χ1n) is 16.0. The van der Waals surface area contributed by atoms with E-state index in [0.717, 1.165) is 87.1 Å². The molecule has 0 amide bonds. The summed E-state index contributed by atoms with van der Waals surface area (Å²) in [6.07, 6.45) is 4.30. The second kappa shape index (κ2) is 11.7. The third-order valence-electron chi connectivity index (χ3n) is 10.8. The van der Waals surface area contributed by atoms with E-state index in [9.17, 15) is 4.79 Å². The second-order valence-electron chi connectivity index (χ2n) is 13.9. The zero-order valence-electron chi connectivity index (χ0n) is 26.3. The molecule has 228 valence electrons. The Kier molecular flexibility index (Phi) is 8.19. The van der Waals surface area contributed by atoms with Crippen molar-refractivity contribution >= 4 is 22.5 Å². The molecule has 3 aliphatic carbocycles. The number of nitrogens with one attached hydrogen (secondary N) is 2. The molecule has 2 aromatic rings. The van der Waals surface area contributed by atoms with Gasteiger partial charge >= 0.3 is 0 Å². The fourth-order valence-corrected chi connectivity index (χ4v) is 7.89. The van der Waals surface area contributed by atoms with Gasteiger partial charge in [0.15, 0.2) is 5.96 Å². The van der Waals surface area contributed by atoms with Crippen molar-refractivity contribution in [3.8, 4) is 0 Å². The number of guanidine groups is 1. The minimum Gasteiger partial charge on any atom is -0.340 e. The maximum atomic E-state index is 13.6. The Morgan fingerprint density at radius 1 is 1.19 bits per heavy atom. The molecule has 42 heavy (non-hydrogen) atoms. The van der Waals surface area contributed by atoms with E-state index >= 15 is 0 Å². The van der Waals surface area contributed by atoms with Crippen LogP contribution in [0.25, 0.3) is 10.9 Å². The lowest BCUT2D eigenvalue weighted by molar-refractivity contribution is -0.108. The van der Waals surface area contributed by atoms with Gasteiger partial charge in [-0.1, -0.05) is 26.8 Å². The molecule has 7 rings (SSSR count). The van der Waals surface area contributed by atoms with Crippen LogP contribution in [0.5, 0.6) is 0 Å². The van der Waals surface area contributed by atoms with E-state index < -0.39 is 0 Å². The smallest absolute Gasteiger partial charge is 0.261 e. The summed E-state index contributed by atoms with van der Waals surface area (Å²) >= 11 is 0. The number of fused-ring (bicyclic) bond motifs is 3. The van der Waals surface area contributed by atoms with Crippen molar-refractivity contribution in [2.24, 2.45) is 28.2 Å². The molecule has 9 heteroatoms. The number of aromatic nitrogens is 2. The van der Waals surface area contributed by atoms with E-state index in [1.165, 1.54) is 6.42 Å². The molecule has 9 nitrogen and oxygen atoms in total. The van der Waals surface area contributed by atoms with Crippen LogP contribution in [0.2, 0.25) is 0 Å². The molecule has 0 spiro atoms. The number of piperazine rings is 2. The summed E-state index contributed by atoms with van der Waals surface area (Å²) in [5.74, 6) is 3.83. The third kappa shape index (κ3) is 5.63. The van der Waals surface area contributed by atoms with Gasteiger partial charge in [-0.2, -0.15) is 0 Å². The van der Waals surface area contributed by atoms with Gasteiger partial charge in [-0.05, 0) is 68.2 Å². The van der Waals surface area contributed by atoms with Crippen LogP contribution in [-0.2, 0) is 13.1 Å². The summed E-state index contributed by atoms with van der Waals surface area (Å²) in [7, 11) is 2.16. The van der Waals surface area contributed by atoms with Crippen LogP contribution in [0.4, 0.5) is 5.69 Å². The molecule has 2 saturated heterocycles. The molecule has 2 aliphatic heterocycles. The van der Waals surface area contributed by atoms with E-state index in [-0.39, 0.29) is 5.56 Å². The Hall–Kier alpha value is -2.75. The van der Waals surface area contributed by atoms with Gasteiger partial charge in [-0.25, -0.2) is 9.98 Å². The Morgan fingerprint density at radius 3 is 2.67 bits per heavy atom. The van der Waals surface area contributed by atoms with Gasteiger partial charge in [0.05, 0.1) is 23.5 Å². The van der Waals surface area contributed by atoms with Gasteiger partial charge < -0.3 is 20.4 Å². The number of rotatable bonds is 6. The summed E-state index contributed by atoms with van der Waals surface area (Å²) in [4.78, 5) is 31.3. The highest BCUT2D eigenvalue weighted by molar-refractivity contribution is 5.96. The maximum absolute atomic E-state index is 13.6. The maximum Gasteiger partial charge on any atom is 0.261 e. The van der Waals surface area contributed by atoms with E-state index in [2.05, 4.69) is 66.7 Å². The van der Waals surface area contributed by atoms with Crippen molar-refractivity contribution in [1.29, 1.82) is 0 Å². The number of allylic oxidation sites excluding steroid dienone is 1. The van der Waals surface area contributed by atoms with Crippen LogP contribution in [-0.4, -0.2) is 95.2 Å². The number of nitrogens with zero attached hydrogens (tertiary/aromatic N) is 6. The van der Waals surface area contributed by atoms with Gasteiger partial charge in [0, 0.05) is 64.1 Å². The normalized spacial score (nSPS) is 30.3. The lowest BCUT2D eigenvalue weighted by Crippen LogP contribution is -2.57. The quantitative estimate of drug-likeness (QED) is 0.311. The van der Waals surface area contributed by atoms with E-state index in [1.54, 1.807) is 10.6 Å². The van der Waals surface area contributed by atoms with Crippen molar-refractivity contribution in [3.05, 3.63) is 47.0 Å². The third-order valence-corrected chi connectivity index (χ3v) is 10.8. The molecule has 5 unspecified atom stereocenters. The molecular weight excluding hydrogens is 524 g/mol. The van der Waals surface area contributed by atoms with Crippen LogP contribution in [0.15, 0.2) is 40.6 Å². The van der Waals surface area contributed by atoms with Crippen molar-refractivity contribution in [2.75, 3.05) is 58.2 Å². The number of hydrogen-bond donors (Lipinski definition) is 2. The average molecular weight is 575 g/mol. The molecular formula is C33H50N8O. The molecule has 5 aliphatic rings. The monoisotopic (exact) mass is 574 g/mol. The van der Waals surface area contributed by atoms with E-state index in [1.807, 2.05) is 18.2 Å². The van der Waals surface area contributed by atoms with Gasteiger partial charge in [-0.3, -0.25) is 14.3 Å². The minimum absolute atomic E-state index is 0.00160. The zero-order chi connectivity index (χ0) is 29.6. The van der Waals surface area contributed by atoms with Crippen molar-refractivity contribution < 1.29 is 0 Å². The van der Waals surface area contributed by atoms with Crippen LogP contribution in [0.3, 0.4) is 0 Å². The van der Waals surface area contributed by atoms with Crippen molar-refractivity contribution in [2.45, 2.75) is 65.7 Å². The second-order valence-corrected chi connectivity index (χ2v) is 13.9. The molecule has 1 aromatic heterocycles. The van der Waals surface area contributed by atoms with Crippen LogP contribution >= 0.6 is 0 Å². The summed E-state index contributed by atoms with van der Waals surface area (Å²) in [5.41, 5.74) is 2.10. The number of aliphatic imine (C=N–C) groups is 1. The van der Waals surface area contributed by atoms with Gasteiger partial charge in [0.2, 0.25) is 0 Å². The van der Waals surface area contributed by atoms with E-state index in [0.29, 0.717) is 41.9 Å². The predicted molar refractivity (Wildman–Crippen MR) is 172 cm³/mol. The lowest BCUT2D eigenvalue weighted by atomic mass is 9.45. The van der Waals surface area contributed by atoms with Crippen LogP contribution in [0.1, 0.15) is 46.4 Å². The predicted octanol–water partition coefficient (Wildman–Crippen LogP) is 3.46. The molecule has 5 atom stereocenters.